The Kier molecular flexibility index (Phi) is 4.84. The summed E-state index contributed by atoms with van der Waals surface area (Å²) in [7, 11) is 0. The van der Waals surface area contributed by atoms with Gasteiger partial charge in [-0.1, -0.05) is 103 Å². The molecular weight excluding hydrogens is 366 g/mol. The van der Waals surface area contributed by atoms with Crippen molar-refractivity contribution in [2.75, 3.05) is 0 Å². The van der Waals surface area contributed by atoms with Crippen molar-refractivity contribution in [3.8, 4) is 45.0 Å². The fraction of sp³-hybridized carbons (Fsp3) is 0. The van der Waals surface area contributed by atoms with Crippen LogP contribution >= 0.6 is 0 Å². The van der Waals surface area contributed by atoms with Gasteiger partial charge in [-0.3, -0.25) is 0 Å². The van der Waals surface area contributed by atoms with Crippen LogP contribution in [0.3, 0.4) is 0 Å². The molecule has 0 N–H and O–H groups in total. The molecule has 3 nitrogen and oxygen atoms in total. The Labute approximate surface area is 175 Å². The van der Waals surface area contributed by atoms with Crippen LogP contribution in [0, 0.1) is 0 Å². The molecule has 1 aromatic heterocycles. The molecule has 3 heteroatoms. The first kappa shape index (κ1) is 18.0. The summed E-state index contributed by atoms with van der Waals surface area (Å²) in [5.41, 5.74) is 6.72. The van der Waals surface area contributed by atoms with Crippen LogP contribution in [0.4, 0.5) is 0 Å². The van der Waals surface area contributed by atoms with Gasteiger partial charge >= 0.3 is 0 Å². The van der Waals surface area contributed by atoms with E-state index in [0.717, 1.165) is 16.7 Å². The zero-order chi connectivity index (χ0) is 20.2. The summed E-state index contributed by atoms with van der Waals surface area (Å²) in [4.78, 5) is 13.3. The Bertz CT molecular complexity index is 1160. The predicted octanol–water partition coefficient (Wildman–Crippen LogP) is 6.54. The van der Waals surface area contributed by atoms with Crippen LogP contribution in [-0.2, 0) is 0 Å². The summed E-state index contributed by atoms with van der Waals surface area (Å²) in [6.07, 6.45) is 1.57. The third-order valence-corrected chi connectivity index (χ3v) is 5.05. The summed E-state index contributed by atoms with van der Waals surface area (Å²) in [6.45, 7) is 0. The Morgan fingerprint density at radius 3 is 1.40 bits per heavy atom. The monoisotopic (exact) mass is 385 g/mol. The van der Waals surface area contributed by atoms with E-state index in [2.05, 4.69) is 87.7 Å². The normalized spacial score (nSPS) is 10.7. The lowest BCUT2D eigenvalue weighted by atomic mass is 9.98. The van der Waals surface area contributed by atoms with Crippen LogP contribution < -0.4 is 0 Å². The molecule has 5 aromatic rings. The summed E-state index contributed by atoms with van der Waals surface area (Å²) in [5, 5.41) is 0. The van der Waals surface area contributed by atoms with Gasteiger partial charge in [0.25, 0.3) is 0 Å². The van der Waals surface area contributed by atoms with Crippen LogP contribution in [0.25, 0.3) is 45.0 Å². The number of nitrogens with zero attached hydrogens (tertiary/aromatic N) is 3. The van der Waals surface area contributed by atoms with E-state index in [-0.39, 0.29) is 0 Å². The van der Waals surface area contributed by atoms with Crippen LogP contribution in [-0.4, -0.2) is 15.0 Å². The third kappa shape index (κ3) is 3.74. The lowest BCUT2D eigenvalue weighted by Gasteiger charge is -2.08. The second-order valence-corrected chi connectivity index (χ2v) is 7.02. The minimum atomic E-state index is 0.674. The van der Waals surface area contributed by atoms with Gasteiger partial charge < -0.3 is 0 Å². The first-order valence-electron chi connectivity index (χ1n) is 9.87. The molecule has 0 bridgehead atoms. The van der Waals surface area contributed by atoms with Gasteiger partial charge in [-0.15, -0.1) is 0 Å². The average Bonchev–Trinajstić information content (AvgIpc) is 2.85. The van der Waals surface area contributed by atoms with Gasteiger partial charge in [0.1, 0.15) is 6.33 Å². The van der Waals surface area contributed by atoms with Gasteiger partial charge in [0.15, 0.2) is 11.6 Å². The quantitative estimate of drug-likeness (QED) is 0.352. The highest BCUT2D eigenvalue weighted by Crippen LogP contribution is 2.28. The van der Waals surface area contributed by atoms with Crippen molar-refractivity contribution in [2.24, 2.45) is 0 Å². The lowest BCUT2D eigenvalue weighted by molar-refractivity contribution is 1.07. The Morgan fingerprint density at radius 2 is 0.800 bits per heavy atom. The number of hydrogen-bond donors (Lipinski definition) is 0. The van der Waals surface area contributed by atoms with Gasteiger partial charge in [-0.25, -0.2) is 15.0 Å². The summed E-state index contributed by atoms with van der Waals surface area (Å²) in [5.74, 6) is 1.36. The van der Waals surface area contributed by atoms with Crippen LogP contribution in [0.2, 0.25) is 0 Å². The molecule has 0 spiro atoms. The zero-order valence-corrected chi connectivity index (χ0v) is 16.3. The fourth-order valence-corrected chi connectivity index (χ4v) is 3.48. The molecule has 142 valence electrons. The van der Waals surface area contributed by atoms with Crippen molar-refractivity contribution < 1.29 is 0 Å². The molecule has 0 aliphatic heterocycles. The van der Waals surface area contributed by atoms with E-state index < -0.39 is 0 Å². The first-order chi connectivity index (χ1) is 14.9. The van der Waals surface area contributed by atoms with Gasteiger partial charge in [0.2, 0.25) is 0 Å². The highest BCUT2D eigenvalue weighted by atomic mass is 15.0. The minimum Gasteiger partial charge on any atom is -0.217 e. The second-order valence-electron chi connectivity index (χ2n) is 7.02. The van der Waals surface area contributed by atoms with Crippen molar-refractivity contribution in [3.63, 3.8) is 0 Å². The molecule has 0 saturated carbocycles. The Hall–Kier alpha value is -4.11. The molecule has 0 fully saturated rings. The van der Waals surface area contributed by atoms with Crippen molar-refractivity contribution in [2.45, 2.75) is 0 Å². The standard InChI is InChI=1S/C27H19N3/c1-3-8-20(9-4-1)24-12-7-13-25(18-24)21-14-16-23(17-15-21)27-29-19-28-26(30-27)22-10-5-2-6-11-22/h1-19H. The van der Waals surface area contributed by atoms with E-state index in [1.807, 2.05) is 36.4 Å². The SMILES string of the molecule is c1ccc(-c2cccc(-c3ccc(-c4ncnc(-c5ccccc5)n4)cc3)c2)cc1. The molecule has 30 heavy (non-hydrogen) atoms. The third-order valence-electron chi connectivity index (χ3n) is 5.05. The first-order valence-corrected chi connectivity index (χ1v) is 9.87. The van der Waals surface area contributed by atoms with E-state index in [4.69, 9.17) is 0 Å². The number of rotatable bonds is 4. The second kappa shape index (κ2) is 8.10. The highest BCUT2D eigenvalue weighted by Gasteiger charge is 2.07. The molecule has 0 radical (unpaired) electrons. The molecule has 0 aliphatic carbocycles. The molecule has 5 rings (SSSR count). The molecule has 0 atom stereocenters. The molecule has 1 heterocycles. The van der Waals surface area contributed by atoms with E-state index in [0.29, 0.717) is 11.6 Å². The smallest absolute Gasteiger partial charge is 0.163 e. The van der Waals surface area contributed by atoms with Gasteiger partial charge in [0.05, 0.1) is 0 Å². The lowest BCUT2D eigenvalue weighted by Crippen LogP contribution is -1.95. The van der Waals surface area contributed by atoms with Gasteiger partial charge in [-0.05, 0) is 28.3 Å². The summed E-state index contributed by atoms with van der Waals surface area (Å²) >= 11 is 0. The van der Waals surface area contributed by atoms with E-state index in [1.54, 1.807) is 6.33 Å². The molecule has 4 aromatic carbocycles. The van der Waals surface area contributed by atoms with Crippen LogP contribution in [0.15, 0.2) is 116 Å². The van der Waals surface area contributed by atoms with Gasteiger partial charge in [0, 0.05) is 11.1 Å². The molecule has 0 aliphatic rings. The zero-order valence-electron chi connectivity index (χ0n) is 16.3. The average molecular weight is 385 g/mol. The van der Waals surface area contributed by atoms with E-state index in [1.165, 1.54) is 16.7 Å². The van der Waals surface area contributed by atoms with Crippen molar-refractivity contribution in [1.82, 2.24) is 15.0 Å². The van der Waals surface area contributed by atoms with Crippen LogP contribution in [0.1, 0.15) is 0 Å². The number of hydrogen-bond acceptors (Lipinski definition) is 3. The summed E-state index contributed by atoms with van der Waals surface area (Å²) in [6, 6.07) is 37.3. The molecule has 0 unspecified atom stereocenters. The van der Waals surface area contributed by atoms with Crippen molar-refractivity contribution in [1.29, 1.82) is 0 Å². The molecule has 0 saturated heterocycles. The molecule has 0 amide bonds. The van der Waals surface area contributed by atoms with E-state index >= 15 is 0 Å². The topological polar surface area (TPSA) is 38.7 Å². The summed E-state index contributed by atoms with van der Waals surface area (Å²) < 4.78 is 0. The van der Waals surface area contributed by atoms with Crippen molar-refractivity contribution in [3.05, 3.63) is 116 Å². The van der Waals surface area contributed by atoms with E-state index in [9.17, 15) is 0 Å². The van der Waals surface area contributed by atoms with Gasteiger partial charge in [-0.2, -0.15) is 0 Å². The predicted molar refractivity (Wildman–Crippen MR) is 122 cm³/mol. The Morgan fingerprint density at radius 1 is 0.367 bits per heavy atom. The van der Waals surface area contributed by atoms with Crippen LogP contribution in [0.5, 0.6) is 0 Å². The van der Waals surface area contributed by atoms with Crippen molar-refractivity contribution >= 4 is 0 Å². The fourth-order valence-electron chi connectivity index (χ4n) is 3.48. The Balaban J connectivity index is 1.44. The largest absolute Gasteiger partial charge is 0.217 e. The number of benzene rings is 4. The maximum Gasteiger partial charge on any atom is 0.163 e. The number of aromatic nitrogens is 3. The highest BCUT2D eigenvalue weighted by molar-refractivity contribution is 5.74. The molecular formula is C27H19N3. The maximum absolute atomic E-state index is 4.65. The maximum atomic E-state index is 4.65. The minimum absolute atomic E-state index is 0.674.